The molecule has 9 nitrogen and oxygen atoms in total. The van der Waals surface area contributed by atoms with Crippen molar-refractivity contribution < 1.29 is 26.4 Å². The number of benzene rings is 1. The number of nitrogens with one attached hydrogen (secondary N) is 1. The zero-order valence-corrected chi connectivity index (χ0v) is 20.3. The first-order valence-corrected chi connectivity index (χ1v) is 11.8. The molecule has 1 N–H and O–H groups in total. The minimum atomic E-state index is -4.27. The van der Waals surface area contributed by atoms with E-state index in [1.807, 2.05) is 4.72 Å². The fourth-order valence-corrected chi connectivity index (χ4v) is 4.65. The molecule has 2 aromatic rings. The second-order valence-corrected chi connectivity index (χ2v) is 10.5. The maximum atomic E-state index is 15.5. The van der Waals surface area contributed by atoms with Crippen LogP contribution in [0, 0.1) is 12.7 Å². The number of carbonyl (C=O) groups is 1. The molecular weight excluding hydrogens is 473 g/mol. The van der Waals surface area contributed by atoms with Crippen LogP contribution in [-0.4, -0.2) is 91.5 Å². The summed E-state index contributed by atoms with van der Waals surface area (Å²) in [7, 11) is 0.904. The number of hydrogen-bond donors (Lipinski definition) is 1. The molecule has 2 heterocycles. The van der Waals surface area contributed by atoms with Crippen LogP contribution in [0.3, 0.4) is 0 Å². The summed E-state index contributed by atoms with van der Waals surface area (Å²) >= 11 is 0. The van der Waals surface area contributed by atoms with Crippen LogP contribution in [0.4, 0.5) is 18.0 Å². The van der Waals surface area contributed by atoms with E-state index in [0.29, 0.717) is 0 Å². The average molecular weight is 501 g/mol. The molecule has 1 fully saturated rings. The Kier molecular flexibility index (Phi) is 7.20. The Bertz CT molecular complexity index is 1180. The van der Waals surface area contributed by atoms with Gasteiger partial charge < -0.3 is 9.80 Å². The number of hydrogen-bond acceptors (Lipinski definition) is 5. The first-order chi connectivity index (χ1) is 15.7. The number of halogens is 3. The Morgan fingerprint density at radius 3 is 2.53 bits per heavy atom. The lowest BCUT2D eigenvalue weighted by Crippen LogP contribution is -2.55. The normalized spacial score (nSPS) is 20.1. The lowest BCUT2D eigenvalue weighted by Gasteiger charge is -2.30. The third kappa shape index (κ3) is 5.15. The molecule has 13 heteroatoms. The quantitative estimate of drug-likeness (QED) is 0.653. The maximum absolute atomic E-state index is 15.5. The molecule has 3 rings (SSSR count). The van der Waals surface area contributed by atoms with Gasteiger partial charge in [-0.3, -0.25) is 0 Å². The lowest BCUT2D eigenvalue weighted by atomic mass is 9.96. The van der Waals surface area contributed by atoms with Crippen LogP contribution in [0.25, 0.3) is 11.3 Å². The molecule has 1 aromatic heterocycles. The number of likely N-dealkylation sites (tertiary alicyclic amines) is 1. The Labute approximate surface area is 196 Å². The fraction of sp³-hybridized carbons (Fsp3) is 0.476. The van der Waals surface area contributed by atoms with Gasteiger partial charge in [-0.25, -0.2) is 18.0 Å². The molecule has 1 aliphatic rings. The molecular formula is C21H27F3N6O3S. The number of aryl methyl sites for hydroxylation is 1. The van der Waals surface area contributed by atoms with E-state index in [1.165, 1.54) is 46.5 Å². The van der Waals surface area contributed by atoms with Gasteiger partial charge in [-0.15, -0.1) is 0 Å². The van der Waals surface area contributed by atoms with Crippen molar-refractivity contribution in [3.05, 3.63) is 47.4 Å². The first kappa shape index (κ1) is 25.8. The Balaban J connectivity index is 2.06. The van der Waals surface area contributed by atoms with Gasteiger partial charge in [0, 0.05) is 33.8 Å². The second kappa shape index (κ2) is 9.47. The van der Waals surface area contributed by atoms with E-state index >= 15 is 13.2 Å². The molecule has 2 amide bonds. The van der Waals surface area contributed by atoms with Crippen molar-refractivity contribution in [1.82, 2.24) is 29.0 Å². The van der Waals surface area contributed by atoms with Crippen LogP contribution in [0.5, 0.6) is 0 Å². The van der Waals surface area contributed by atoms with Crippen molar-refractivity contribution in [1.29, 1.82) is 0 Å². The fourth-order valence-electron chi connectivity index (χ4n) is 3.79. The summed E-state index contributed by atoms with van der Waals surface area (Å²) in [6.45, 7) is 0.757. The molecule has 34 heavy (non-hydrogen) atoms. The van der Waals surface area contributed by atoms with Gasteiger partial charge in [-0.1, -0.05) is 12.1 Å². The summed E-state index contributed by atoms with van der Waals surface area (Å²) in [6, 6.07) is 2.02. The largest absolute Gasteiger partial charge is 0.331 e. The van der Waals surface area contributed by atoms with E-state index in [1.54, 1.807) is 19.1 Å². The van der Waals surface area contributed by atoms with Crippen LogP contribution in [0.1, 0.15) is 11.1 Å². The third-order valence-corrected chi connectivity index (χ3v) is 7.09. The summed E-state index contributed by atoms with van der Waals surface area (Å²) in [6.07, 6.45) is 1.16. The minimum Gasteiger partial charge on any atom is -0.331 e. The minimum absolute atomic E-state index is 0.0362. The highest BCUT2D eigenvalue weighted by atomic mass is 32.2. The molecule has 186 valence electrons. The van der Waals surface area contributed by atoms with E-state index in [9.17, 15) is 13.2 Å². The molecule has 1 aliphatic heterocycles. The monoisotopic (exact) mass is 500 g/mol. The SMILES string of the molecule is Cc1cnnc(-c2cccc(C[C@H]3[C@@H](NS(=O)(=O)N(C)C)C(F)(F)CN3C(=O)N(C)C)c2F)c1. The van der Waals surface area contributed by atoms with Crippen LogP contribution in [-0.2, 0) is 16.6 Å². The van der Waals surface area contributed by atoms with Crippen LogP contribution in [0.2, 0.25) is 0 Å². The van der Waals surface area contributed by atoms with Crippen molar-refractivity contribution in [3.8, 4) is 11.3 Å². The lowest BCUT2D eigenvalue weighted by molar-refractivity contribution is -0.00530. The van der Waals surface area contributed by atoms with Gasteiger partial charge in [0.05, 0.1) is 24.5 Å². The Morgan fingerprint density at radius 1 is 1.26 bits per heavy atom. The van der Waals surface area contributed by atoms with Crippen LogP contribution < -0.4 is 4.72 Å². The highest BCUT2D eigenvalue weighted by Crippen LogP contribution is 2.36. The summed E-state index contributed by atoms with van der Waals surface area (Å²) in [5, 5.41) is 7.76. The van der Waals surface area contributed by atoms with Crippen molar-refractivity contribution in [3.63, 3.8) is 0 Å². The summed E-state index contributed by atoms with van der Waals surface area (Å²) < 4.78 is 73.2. The number of alkyl halides is 2. The average Bonchev–Trinajstić information content (AvgIpc) is 2.98. The van der Waals surface area contributed by atoms with Gasteiger partial charge in [-0.05, 0) is 36.6 Å². The van der Waals surface area contributed by atoms with Crippen molar-refractivity contribution in [2.24, 2.45) is 0 Å². The van der Waals surface area contributed by atoms with E-state index in [2.05, 4.69) is 10.2 Å². The zero-order chi connectivity index (χ0) is 25.4. The molecule has 0 saturated carbocycles. The third-order valence-electron chi connectivity index (χ3n) is 5.58. The van der Waals surface area contributed by atoms with E-state index < -0.39 is 46.6 Å². The molecule has 0 spiro atoms. The number of amides is 2. The molecule has 0 aliphatic carbocycles. The molecule has 0 bridgehead atoms. The predicted octanol–water partition coefficient (Wildman–Crippen LogP) is 1.90. The highest BCUT2D eigenvalue weighted by molar-refractivity contribution is 7.87. The van der Waals surface area contributed by atoms with Crippen LogP contribution >= 0.6 is 0 Å². The summed E-state index contributed by atoms with van der Waals surface area (Å²) in [5.74, 6) is -4.29. The van der Waals surface area contributed by atoms with Gasteiger partial charge in [0.15, 0.2) is 0 Å². The maximum Gasteiger partial charge on any atom is 0.320 e. The van der Waals surface area contributed by atoms with Gasteiger partial charge in [0.25, 0.3) is 16.1 Å². The van der Waals surface area contributed by atoms with Crippen LogP contribution in [0.15, 0.2) is 30.5 Å². The number of urea groups is 1. The smallest absolute Gasteiger partial charge is 0.320 e. The molecule has 1 saturated heterocycles. The van der Waals surface area contributed by atoms with Gasteiger partial charge >= 0.3 is 6.03 Å². The summed E-state index contributed by atoms with van der Waals surface area (Å²) in [5.41, 5.74) is 1.18. The molecule has 0 unspecified atom stereocenters. The first-order valence-electron chi connectivity index (χ1n) is 10.4. The number of carbonyl (C=O) groups excluding carboxylic acids is 1. The second-order valence-electron chi connectivity index (χ2n) is 8.62. The van der Waals surface area contributed by atoms with Gasteiger partial charge in [0.2, 0.25) is 0 Å². The van der Waals surface area contributed by atoms with Crippen molar-refractivity contribution >= 4 is 16.2 Å². The Hall–Kier alpha value is -2.77. The van der Waals surface area contributed by atoms with Gasteiger partial charge in [0.1, 0.15) is 11.9 Å². The highest BCUT2D eigenvalue weighted by Gasteiger charge is 2.57. The standard InChI is InChI=1S/C21H27F3N6O3S/c1-13-9-16(26-25-11-13)15-8-6-7-14(18(15)22)10-17-19(27-34(32,33)29(4)5)21(23,24)12-30(17)20(31)28(2)3/h6-9,11,17,19,27H,10,12H2,1-5H3/t17-,19+/m0/s1. The zero-order valence-electron chi connectivity index (χ0n) is 19.5. The molecule has 0 radical (unpaired) electrons. The number of aromatic nitrogens is 2. The number of nitrogens with zero attached hydrogens (tertiary/aromatic N) is 5. The Morgan fingerprint density at radius 2 is 1.94 bits per heavy atom. The topological polar surface area (TPSA) is 98.7 Å². The van der Waals surface area contributed by atoms with E-state index in [-0.39, 0.29) is 23.2 Å². The summed E-state index contributed by atoms with van der Waals surface area (Å²) in [4.78, 5) is 14.7. The molecule has 2 atom stereocenters. The molecule has 1 aromatic carbocycles. The predicted molar refractivity (Wildman–Crippen MR) is 120 cm³/mol. The van der Waals surface area contributed by atoms with E-state index in [0.717, 1.165) is 19.7 Å². The van der Waals surface area contributed by atoms with Crippen molar-refractivity contribution in [2.75, 3.05) is 34.7 Å². The van der Waals surface area contributed by atoms with Gasteiger partial charge in [-0.2, -0.15) is 27.6 Å². The number of rotatable bonds is 6. The van der Waals surface area contributed by atoms with E-state index in [4.69, 9.17) is 0 Å². The van der Waals surface area contributed by atoms with Crippen molar-refractivity contribution in [2.45, 2.75) is 31.4 Å².